The van der Waals surface area contributed by atoms with Crippen molar-refractivity contribution in [2.24, 2.45) is 0 Å². The molecule has 1 aromatic carbocycles. The van der Waals surface area contributed by atoms with Gasteiger partial charge >= 0.3 is 0 Å². The second kappa shape index (κ2) is 8.20. The van der Waals surface area contributed by atoms with Crippen LogP contribution in [0.25, 0.3) is 6.08 Å². The van der Waals surface area contributed by atoms with Crippen LogP contribution in [0.2, 0.25) is 0 Å². The van der Waals surface area contributed by atoms with Crippen LogP contribution in [0.15, 0.2) is 53.2 Å². The number of fused-ring (bicyclic) bond motifs is 1. The van der Waals surface area contributed by atoms with Crippen LogP contribution in [0.5, 0.6) is 11.5 Å². The maximum atomic E-state index is 13.1. The van der Waals surface area contributed by atoms with Crippen molar-refractivity contribution in [1.29, 1.82) is 0 Å². The molecule has 0 aliphatic carbocycles. The molecule has 0 N–H and O–H groups in total. The van der Waals surface area contributed by atoms with E-state index in [1.807, 2.05) is 29.2 Å². The van der Waals surface area contributed by atoms with Crippen LogP contribution in [0.1, 0.15) is 26.9 Å². The van der Waals surface area contributed by atoms with E-state index in [0.717, 1.165) is 12.0 Å². The molecule has 1 amide bonds. The average molecular weight is 412 g/mol. The first kappa shape index (κ1) is 18.8. The molecule has 1 atom stereocenters. The Morgan fingerprint density at radius 1 is 1.11 bits per heavy atom. The van der Waals surface area contributed by atoms with Crippen LogP contribution >= 0.6 is 22.7 Å². The van der Waals surface area contributed by atoms with Crippen LogP contribution in [-0.4, -0.2) is 31.6 Å². The summed E-state index contributed by atoms with van der Waals surface area (Å²) in [5, 5.41) is 4.19. The van der Waals surface area contributed by atoms with E-state index in [4.69, 9.17) is 9.47 Å². The number of hydrogen-bond donors (Lipinski definition) is 0. The molecule has 4 rings (SSSR count). The zero-order valence-corrected chi connectivity index (χ0v) is 17.4. The number of amides is 1. The first-order valence-corrected chi connectivity index (χ1v) is 10.8. The Morgan fingerprint density at radius 3 is 2.75 bits per heavy atom. The number of ether oxygens (including phenoxy) is 2. The summed E-state index contributed by atoms with van der Waals surface area (Å²) in [6.45, 7) is 0.717. The van der Waals surface area contributed by atoms with Crippen molar-refractivity contribution >= 4 is 34.7 Å². The molecule has 1 aliphatic rings. The molecule has 0 fully saturated rings. The number of benzene rings is 1. The third-order valence-electron chi connectivity index (χ3n) is 4.90. The fourth-order valence-corrected chi connectivity index (χ4v) is 5.37. The van der Waals surface area contributed by atoms with Crippen LogP contribution in [0, 0.1) is 0 Å². The van der Waals surface area contributed by atoms with E-state index in [0.29, 0.717) is 18.0 Å². The molecule has 2 aromatic heterocycles. The summed E-state index contributed by atoms with van der Waals surface area (Å²) in [6.07, 6.45) is 4.34. The normalized spacial score (nSPS) is 16.2. The van der Waals surface area contributed by atoms with E-state index < -0.39 is 0 Å². The predicted octanol–water partition coefficient (Wildman–Crippen LogP) is 5.01. The average Bonchev–Trinajstić information content (AvgIpc) is 3.42. The lowest BCUT2D eigenvalue weighted by Gasteiger charge is -2.34. The fourth-order valence-electron chi connectivity index (χ4n) is 3.61. The SMILES string of the molecule is COc1cccc(/C=C/C(=O)N2CCc3sccc3[C@@H]2c2cccs2)c1OC. The maximum Gasteiger partial charge on any atom is 0.247 e. The van der Waals surface area contributed by atoms with Gasteiger partial charge in [0.05, 0.1) is 20.3 Å². The third-order valence-corrected chi connectivity index (χ3v) is 6.82. The van der Waals surface area contributed by atoms with Gasteiger partial charge in [0, 0.05) is 27.9 Å². The Hall–Kier alpha value is -2.57. The molecular formula is C22H21NO3S2. The molecular weight excluding hydrogens is 390 g/mol. The first-order chi connectivity index (χ1) is 13.7. The molecule has 0 unspecified atom stereocenters. The minimum Gasteiger partial charge on any atom is -0.493 e. The number of para-hydroxylation sites is 1. The standard InChI is InChI=1S/C22H21NO3S2/c1-25-17-6-3-5-15(22(17)26-2)8-9-20(24)23-12-10-18-16(11-14-28-18)21(23)19-7-4-13-27-19/h3-9,11,13-14,21H,10,12H2,1-2H3/b9-8+/t21-/m1/s1. The van der Waals surface area contributed by atoms with Gasteiger partial charge in [-0.1, -0.05) is 18.2 Å². The summed E-state index contributed by atoms with van der Waals surface area (Å²) in [4.78, 5) is 17.7. The highest BCUT2D eigenvalue weighted by molar-refractivity contribution is 7.10. The Bertz CT molecular complexity index is 991. The lowest BCUT2D eigenvalue weighted by molar-refractivity contribution is -0.127. The van der Waals surface area contributed by atoms with Gasteiger partial charge in [-0.05, 0) is 47.0 Å². The highest BCUT2D eigenvalue weighted by Crippen LogP contribution is 2.39. The van der Waals surface area contributed by atoms with Gasteiger partial charge in [-0.3, -0.25) is 4.79 Å². The van der Waals surface area contributed by atoms with Crippen LogP contribution < -0.4 is 9.47 Å². The van der Waals surface area contributed by atoms with Crippen molar-refractivity contribution in [1.82, 2.24) is 4.90 Å². The summed E-state index contributed by atoms with van der Waals surface area (Å²) >= 11 is 3.47. The molecule has 3 aromatic rings. The van der Waals surface area contributed by atoms with E-state index in [1.165, 1.54) is 15.3 Å². The smallest absolute Gasteiger partial charge is 0.247 e. The van der Waals surface area contributed by atoms with Gasteiger partial charge in [-0.15, -0.1) is 22.7 Å². The highest BCUT2D eigenvalue weighted by atomic mass is 32.1. The molecule has 144 valence electrons. The van der Waals surface area contributed by atoms with Gasteiger partial charge in [0.25, 0.3) is 0 Å². The second-order valence-corrected chi connectivity index (χ2v) is 8.39. The van der Waals surface area contributed by atoms with Gasteiger partial charge in [0.1, 0.15) is 0 Å². The van der Waals surface area contributed by atoms with Gasteiger partial charge in [-0.2, -0.15) is 0 Å². The number of hydrogen-bond acceptors (Lipinski definition) is 5. The van der Waals surface area contributed by atoms with Crippen molar-refractivity contribution in [3.05, 3.63) is 74.1 Å². The Balaban J connectivity index is 1.64. The van der Waals surface area contributed by atoms with Crippen molar-refractivity contribution in [2.75, 3.05) is 20.8 Å². The predicted molar refractivity (Wildman–Crippen MR) is 114 cm³/mol. The largest absolute Gasteiger partial charge is 0.493 e. The fraction of sp³-hybridized carbons (Fsp3) is 0.227. The van der Waals surface area contributed by atoms with E-state index in [2.05, 4.69) is 22.9 Å². The lowest BCUT2D eigenvalue weighted by Crippen LogP contribution is -2.38. The first-order valence-electron chi connectivity index (χ1n) is 9.02. The third kappa shape index (κ3) is 3.45. The van der Waals surface area contributed by atoms with Crippen molar-refractivity contribution in [3.63, 3.8) is 0 Å². The highest BCUT2D eigenvalue weighted by Gasteiger charge is 2.32. The molecule has 6 heteroatoms. The zero-order valence-electron chi connectivity index (χ0n) is 15.8. The van der Waals surface area contributed by atoms with Crippen molar-refractivity contribution in [2.45, 2.75) is 12.5 Å². The lowest BCUT2D eigenvalue weighted by atomic mass is 9.98. The van der Waals surface area contributed by atoms with Crippen LogP contribution in [0.4, 0.5) is 0 Å². The molecule has 28 heavy (non-hydrogen) atoms. The molecule has 3 heterocycles. The minimum absolute atomic E-state index is 0.000114. The number of rotatable bonds is 5. The van der Waals surface area contributed by atoms with Gasteiger partial charge in [0.15, 0.2) is 11.5 Å². The van der Waals surface area contributed by atoms with Crippen molar-refractivity contribution < 1.29 is 14.3 Å². The topological polar surface area (TPSA) is 38.8 Å². The number of methoxy groups -OCH3 is 2. The molecule has 0 saturated heterocycles. The summed E-state index contributed by atoms with van der Waals surface area (Å²) in [6, 6.07) is 11.9. The number of carbonyl (C=O) groups excluding carboxylic acids is 1. The molecule has 0 saturated carbocycles. The van der Waals surface area contributed by atoms with Crippen LogP contribution in [0.3, 0.4) is 0 Å². The molecule has 1 aliphatic heterocycles. The molecule has 4 nitrogen and oxygen atoms in total. The maximum absolute atomic E-state index is 13.1. The minimum atomic E-state index is -0.0145. The van der Waals surface area contributed by atoms with Gasteiger partial charge in [-0.25, -0.2) is 0 Å². The molecule has 0 bridgehead atoms. The van der Waals surface area contributed by atoms with Crippen molar-refractivity contribution in [3.8, 4) is 11.5 Å². The number of thiophene rings is 2. The number of carbonyl (C=O) groups is 1. The quantitative estimate of drug-likeness (QED) is 0.554. The monoisotopic (exact) mass is 411 g/mol. The van der Waals surface area contributed by atoms with E-state index in [-0.39, 0.29) is 11.9 Å². The molecule has 0 radical (unpaired) electrons. The molecule has 0 spiro atoms. The van der Waals surface area contributed by atoms with E-state index in [9.17, 15) is 4.79 Å². The number of nitrogens with zero attached hydrogens (tertiary/aromatic N) is 1. The Morgan fingerprint density at radius 2 is 2.00 bits per heavy atom. The van der Waals surface area contributed by atoms with Crippen LogP contribution in [-0.2, 0) is 11.2 Å². The Labute approximate surface area is 172 Å². The summed E-state index contributed by atoms with van der Waals surface area (Å²) in [5.74, 6) is 1.28. The van der Waals surface area contributed by atoms with E-state index >= 15 is 0 Å². The van der Waals surface area contributed by atoms with Gasteiger partial charge in [0.2, 0.25) is 5.91 Å². The van der Waals surface area contributed by atoms with Gasteiger partial charge < -0.3 is 14.4 Å². The Kier molecular flexibility index (Phi) is 5.50. The zero-order chi connectivity index (χ0) is 19.5. The summed E-state index contributed by atoms with van der Waals surface area (Å²) in [7, 11) is 3.21. The second-order valence-electron chi connectivity index (χ2n) is 6.41. The van der Waals surface area contributed by atoms with E-state index in [1.54, 1.807) is 49.0 Å². The summed E-state index contributed by atoms with van der Waals surface area (Å²) in [5.41, 5.74) is 2.07. The summed E-state index contributed by atoms with van der Waals surface area (Å²) < 4.78 is 10.8.